The molecular formula is C19H16N4O. The largest absolute Gasteiger partial charge is 0.366 e. The number of H-pyrrole nitrogens is 1. The summed E-state index contributed by atoms with van der Waals surface area (Å²) < 4.78 is 1.91. The van der Waals surface area contributed by atoms with Crippen molar-refractivity contribution < 1.29 is 4.79 Å². The molecule has 0 saturated carbocycles. The van der Waals surface area contributed by atoms with Crippen molar-refractivity contribution in [1.29, 1.82) is 0 Å². The van der Waals surface area contributed by atoms with Crippen molar-refractivity contribution in [2.45, 2.75) is 6.92 Å². The van der Waals surface area contributed by atoms with Crippen molar-refractivity contribution in [2.75, 3.05) is 0 Å². The van der Waals surface area contributed by atoms with Gasteiger partial charge in [-0.2, -0.15) is 0 Å². The van der Waals surface area contributed by atoms with E-state index in [2.05, 4.69) is 28.2 Å². The normalized spacial score (nSPS) is 11.0. The Morgan fingerprint density at radius 3 is 2.67 bits per heavy atom. The van der Waals surface area contributed by atoms with E-state index in [1.807, 2.05) is 42.0 Å². The quantitative estimate of drug-likeness (QED) is 0.607. The van der Waals surface area contributed by atoms with Crippen molar-refractivity contribution in [3.63, 3.8) is 0 Å². The van der Waals surface area contributed by atoms with Crippen LogP contribution >= 0.6 is 0 Å². The summed E-state index contributed by atoms with van der Waals surface area (Å²) >= 11 is 0. The van der Waals surface area contributed by atoms with Crippen molar-refractivity contribution in [1.82, 2.24) is 14.5 Å². The first-order valence-corrected chi connectivity index (χ1v) is 7.65. The summed E-state index contributed by atoms with van der Waals surface area (Å²) in [4.78, 5) is 19.2. The van der Waals surface area contributed by atoms with Gasteiger partial charge in [0.25, 0.3) is 5.91 Å². The number of fused-ring (bicyclic) bond motifs is 1. The lowest BCUT2D eigenvalue weighted by Crippen LogP contribution is -2.13. The monoisotopic (exact) mass is 316 g/mol. The zero-order chi connectivity index (χ0) is 16.7. The molecule has 2 aromatic carbocycles. The highest BCUT2D eigenvalue weighted by molar-refractivity contribution is 6.06. The van der Waals surface area contributed by atoms with Gasteiger partial charge in [-0.1, -0.05) is 42.5 Å². The number of benzene rings is 2. The average Bonchev–Trinajstić information content (AvgIpc) is 3.21. The first-order valence-electron chi connectivity index (χ1n) is 7.65. The maximum atomic E-state index is 12.1. The number of hydrogen-bond acceptors (Lipinski definition) is 2. The van der Waals surface area contributed by atoms with E-state index in [-0.39, 0.29) is 0 Å². The second-order valence-electron chi connectivity index (χ2n) is 5.70. The molecule has 0 unspecified atom stereocenters. The number of aromatic amines is 1. The minimum absolute atomic E-state index is 0.436. The fourth-order valence-corrected chi connectivity index (χ4v) is 3.21. The third-order valence-electron chi connectivity index (χ3n) is 4.32. The number of nitrogens with zero attached hydrogens (tertiary/aromatic N) is 2. The number of rotatable bonds is 3. The van der Waals surface area contributed by atoms with E-state index >= 15 is 0 Å². The molecule has 4 aromatic rings. The zero-order valence-corrected chi connectivity index (χ0v) is 13.2. The van der Waals surface area contributed by atoms with Crippen molar-refractivity contribution in [3.8, 4) is 16.9 Å². The summed E-state index contributed by atoms with van der Waals surface area (Å²) in [7, 11) is 0. The number of aromatic nitrogens is 3. The molecule has 0 saturated heterocycles. The van der Waals surface area contributed by atoms with Gasteiger partial charge >= 0.3 is 0 Å². The minimum atomic E-state index is -0.436. The summed E-state index contributed by atoms with van der Waals surface area (Å²) in [6, 6.07) is 14.2. The predicted molar refractivity (Wildman–Crippen MR) is 94.1 cm³/mol. The van der Waals surface area contributed by atoms with Gasteiger partial charge in [-0.25, -0.2) is 4.98 Å². The maximum absolute atomic E-state index is 12.1. The van der Waals surface area contributed by atoms with E-state index in [1.54, 1.807) is 12.5 Å². The molecule has 5 heteroatoms. The van der Waals surface area contributed by atoms with E-state index in [9.17, 15) is 4.79 Å². The van der Waals surface area contributed by atoms with Crippen LogP contribution in [0.25, 0.3) is 27.7 Å². The van der Waals surface area contributed by atoms with Crippen molar-refractivity contribution >= 4 is 16.7 Å². The fraction of sp³-hybridized carbons (Fsp3) is 0.0526. The summed E-state index contributed by atoms with van der Waals surface area (Å²) in [6.45, 7) is 1.88. The first kappa shape index (κ1) is 14.3. The summed E-state index contributed by atoms with van der Waals surface area (Å²) in [5.41, 5.74) is 8.82. The van der Waals surface area contributed by atoms with Crippen molar-refractivity contribution in [2.24, 2.45) is 5.73 Å². The SMILES string of the molecule is Cc1c(C(N)=O)c(-c2cccc3ccccc23)cn1-c1cnc[nH]1. The molecule has 0 aliphatic heterocycles. The summed E-state index contributed by atoms with van der Waals surface area (Å²) in [6.07, 6.45) is 5.26. The highest BCUT2D eigenvalue weighted by Gasteiger charge is 2.20. The molecule has 0 aliphatic carbocycles. The van der Waals surface area contributed by atoms with Gasteiger partial charge in [-0.15, -0.1) is 0 Å². The topological polar surface area (TPSA) is 76.7 Å². The molecule has 2 aromatic heterocycles. The van der Waals surface area contributed by atoms with Crippen LogP contribution < -0.4 is 5.73 Å². The van der Waals surface area contributed by atoms with Gasteiger partial charge in [-0.3, -0.25) is 4.79 Å². The molecule has 0 spiro atoms. The number of carbonyl (C=O) groups is 1. The molecule has 4 rings (SSSR count). The number of imidazole rings is 1. The van der Waals surface area contributed by atoms with Crippen LogP contribution in [0.5, 0.6) is 0 Å². The number of nitrogens with two attached hydrogens (primary N) is 1. The number of hydrogen-bond donors (Lipinski definition) is 2. The second kappa shape index (κ2) is 5.38. The van der Waals surface area contributed by atoms with Gasteiger partial charge in [0.1, 0.15) is 5.82 Å². The lowest BCUT2D eigenvalue weighted by molar-refractivity contribution is 0.100. The Morgan fingerprint density at radius 1 is 1.12 bits per heavy atom. The Bertz CT molecular complexity index is 1040. The van der Waals surface area contributed by atoms with Crippen LogP contribution in [-0.2, 0) is 0 Å². The Balaban J connectivity index is 2.04. The zero-order valence-electron chi connectivity index (χ0n) is 13.2. The second-order valence-corrected chi connectivity index (χ2v) is 5.70. The van der Waals surface area contributed by atoms with Gasteiger partial charge < -0.3 is 15.3 Å². The lowest BCUT2D eigenvalue weighted by atomic mass is 9.96. The number of amides is 1. The molecule has 0 aliphatic rings. The molecule has 0 bridgehead atoms. The fourth-order valence-electron chi connectivity index (χ4n) is 3.21. The van der Waals surface area contributed by atoms with Crippen LogP contribution in [0.3, 0.4) is 0 Å². The molecule has 3 N–H and O–H groups in total. The highest BCUT2D eigenvalue weighted by Crippen LogP contribution is 2.34. The van der Waals surface area contributed by atoms with Crippen LogP contribution in [0.4, 0.5) is 0 Å². The number of primary amides is 1. The van der Waals surface area contributed by atoms with E-state index in [0.717, 1.165) is 33.4 Å². The summed E-state index contributed by atoms with van der Waals surface area (Å²) in [5, 5.41) is 2.21. The highest BCUT2D eigenvalue weighted by atomic mass is 16.1. The number of carbonyl (C=O) groups excluding carboxylic acids is 1. The Labute approximate surface area is 138 Å². The van der Waals surface area contributed by atoms with Crippen LogP contribution in [0.15, 0.2) is 61.2 Å². The van der Waals surface area contributed by atoms with E-state index < -0.39 is 5.91 Å². The molecule has 0 radical (unpaired) electrons. The smallest absolute Gasteiger partial charge is 0.251 e. The van der Waals surface area contributed by atoms with Gasteiger partial charge in [0.05, 0.1) is 18.1 Å². The van der Waals surface area contributed by atoms with E-state index in [4.69, 9.17) is 5.73 Å². The predicted octanol–water partition coefficient (Wildman–Crippen LogP) is 3.43. The van der Waals surface area contributed by atoms with E-state index in [1.165, 1.54) is 0 Å². The van der Waals surface area contributed by atoms with Crippen LogP contribution in [0, 0.1) is 6.92 Å². The van der Waals surface area contributed by atoms with Gasteiger partial charge in [0.15, 0.2) is 0 Å². The van der Waals surface area contributed by atoms with Crippen molar-refractivity contribution in [3.05, 3.63) is 72.4 Å². The Kier molecular flexibility index (Phi) is 3.20. The van der Waals surface area contributed by atoms with E-state index in [0.29, 0.717) is 5.56 Å². The van der Waals surface area contributed by atoms with Crippen LogP contribution in [0.2, 0.25) is 0 Å². The molecule has 118 valence electrons. The average molecular weight is 316 g/mol. The number of nitrogens with one attached hydrogen (secondary N) is 1. The molecular weight excluding hydrogens is 300 g/mol. The summed E-state index contributed by atoms with van der Waals surface area (Å²) in [5.74, 6) is 0.357. The molecule has 1 amide bonds. The maximum Gasteiger partial charge on any atom is 0.251 e. The Morgan fingerprint density at radius 2 is 1.92 bits per heavy atom. The molecule has 2 heterocycles. The third kappa shape index (κ3) is 2.10. The van der Waals surface area contributed by atoms with Crippen LogP contribution in [0.1, 0.15) is 16.1 Å². The molecule has 0 fully saturated rings. The molecule has 24 heavy (non-hydrogen) atoms. The molecule has 0 atom stereocenters. The van der Waals surface area contributed by atoms with Crippen LogP contribution in [-0.4, -0.2) is 20.4 Å². The first-order chi connectivity index (χ1) is 11.7. The van der Waals surface area contributed by atoms with Gasteiger partial charge in [-0.05, 0) is 23.3 Å². The lowest BCUT2D eigenvalue weighted by Gasteiger charge is -2.06. The standard InChI is InChI=1S/C19H16N4O/c1-12-18(19(20)24)16(10-23(12)17-9-21-11-22-17)15-8-4-6-13-5-2-3-7-14(13)15/h2-11H,1H3,(H2,20,24)(H,21,22). The Hall–Kier alpha value is -3.34. The van der Waals surface area contributed by atoms with Gasteiger partial charge in [0, 0.05) is 17.5 Å². The third-order valence-corrected chi connectivity index (χ3v) is 4.32. The minimum Gasteiger partial charge on any atom is -0.366 e. The van der Waals surface area contributed by atoms with Gasteiger partial charge in [0.2, 0.25) is 0 Å². The molecule has 5 nitrogen and oxygen atoms in total.